The lowest BCUT2D eigenvalue weighted by Crippen LogP contribution is -2.09. The average molecular weight is 443 g/mol. The van der Waals surface area contributed by atoms with Crippen molar-refractivity contribution in [3.05, 3.63) is 87.2 Å². The summed E-state index contributed by atoms with van der Waals surface area (Å²) < 4.78 is 30.8. The molecule has 0 aliphatic heterocycles. The second kappa shape index (κ2) is 9.82. The Morgan fingerprint density at radius 1 is 1.19 bits per heavy atom. The first kappa shape index (κ1) is 22.6. The number of carbonyl (C=O) groups excluding carboxylic acids is 1. The smallest absolute Gasteiger partial charge is 0.387 e. The van der Waals surface area contributed by atoms with Gasteiger partial charge < -0.3 is 14.1 Å². The van der Waals surface area contributed by atoms with Crippen molar-refractivity contribution in [3.63, 3.8) is 0 Å². The molecule has 0 unspecified atom stereocenters. The number of ether oxygens (including phenoxy) is 1. The maximum absolute atomic E-state index is 12.6. The van der Waals surface area contributed by atoms with Crippen LogP contribution in [0.5, 0.6) is 5.75 Å². The highest BCUT2D eigenvalue weighted by atomic mass is 19.3. The number of carbonyl (C=O) groups is 1. The Labute approximate surface area is 181 Å². The predicted molar refractivity (Wildman–Crippen MR) is 113 cm³/mol. The molecule has 0 saturated carbocycles. The summed E-state index contributed by atoms with van der Waals surface area (Å²) in [6.07, 6.45) is 1.28. The number of alkyl halides is 2. The molecule has 166 valence electrons. The van der Waals surface area contributed by atoms with E-state index in [0.717, 1.165) is 5.69 Å². The zero-order chi connectivity index (χ0) is 23.3. The zero-order valence-electron chi connectivity index (χ0n) is 17.2. The van der Waals surface area contributed by atoms with Gasteiger partial charge in [0.15, 0.2) is 6.61 Å². The molecule has 3 aromatic rings. The minimum absolute atomic E-state index is 0.0394. The number of Topliss-reactive ketones (excluding diaryl/α,β-unsaturated/α-hetero) is 1. The van der Waals surface area contributed by atoms with E-state index in [-0.39, 0.29) is 23.8 Å². The van der Waals surface area contributed by atoms with E-state index in [1.165, 1.54) is 36.5 Å². The van der Waals surface area contributed by atoms with Crippen LogP contribution in [0, 0.1) is 24.0 Å². The first-order valence-corrected chi connectivity index (χ1v) is 9.43. The number of nitro groups is 1. The number of halogens is 2. The van der Waals surface area contributed by atoms with Gasteiger partial charge in [0.2, 0.25) is 5.78 Å². The molecule has 1 heterocycles. The fraction of sp³-hybridized carbons (Fsp3) is 0.182. The lowest BCUT2D eigenvalue weighted by Gasteiger charge is -2.11. The van der Waals surface area contributed by atoms with Gasteiger partial charge in [-0.1, -0.05) is 17.3 Å². The molecular weight excluding hydrogens is 424 g/mol. The Morgan fingerprint density at radius 3 is 2.56 bits per heavy atom. The van der Waals surface area contributed by atoms with Crippen molar-refractivity contribution in [1.29, 1.82) is 0 Å². The second-order valence-corrected chi connectivity index (χ2v) is 6.78. The van der Waals surface area contributed by atoms with Crippen molar-refractivity contribution in [3.8, 4) is 11.4 Å². The van der Waals surface area contributed by atoms with Gasteiger partial charge in [0.25, 0.3) is 5.69 Å². The molecule has 8 nitrogen and oxygen atoms in total. The minimum Gasteiger partial charge on any atom is -0.435 e. The van der Waals surface area contributed by atoms with E-state index in [9.17, 15) is 23.7 Å². The van der Waals surface area contributed by atoms with Gasteiger partial charge >= 0.3 is 6.61 Å². The summed E-state index contributed by atoms with van der Waals surface area (Å²) in [5, 5.41) is 14.5. The number of aryl methyl sites for hydroxylation is 1. The highest BCUT2D eigenvalue weighted by Crippen LogP contribution is 2.24. The first-order chi connectivity index (χ1) is 15.3. The van der Waals surface area contributed by atoms with Gasteiger partial charge in [-0.3, -0.25) is 14.9 Å². The number of aromatic nitrogens is 1. The lowest BCUT2D eigenvalue weighted by molar-refractivity contribution is -0.384. The third-order valence-corrected chi connectivity index (χ3v) is 4.60. The molecular formula is C22H19F2N3O5. The summed E-state index contributed by atoms with van der Waals surface area (Å²) in [5.41, 5.74) is 2.93. The van der Waals surface area contributed by atoms with Crippen LogP contribution >= 0.6 is 0 Å². The zero-order valence-corrected chi connectivity index (χ0v) is 17.2. The van der Waals surface area contributed by atoms with Crippen molar-refractivity contribution in [1.82, 2.24) is 4.57 Å². The predicted octanol–water partition coefficient (Wildman–Crippen LogP) is 4.84. The average Bonchev–Trinajstić information content (AvgIpc) is 3.05. The second-order valence-electron chi connectivity index (χ2n) is 6.78. The molecule has 0 aliphatic rings. The molecule has 0 saturated heterocycles. The standard InChI is InChI=1S/C22H19F2N3O5/c1-14-10-20(15(2)26(14)17-6-8-19(9-7-17)32-22(23)24)21(28)13-31-25-12-16-4-3-5-18(11-16)27(29)30/h3-12,22H,13H2,1-2H3/b25-12+. The van der Waals surface area contributed by atoms with Crippen LogP contribution in [-0.2, 0) is 4.84 Å². The first-order valence-electron chi connectivity index (χ1n) is 9.43. The molecule has 10 heteroatoms. The van der Waals surface area contributed by atoms with Crippen molar-refractivity contribution < 1.29 is 28.1 Å². The van der Waals surface area contributed by atoms with Gasteiger partial charge in [0.05, 0.1) is 11.1 Å². The molecule has 1 aromatic heterocycles. The number of ketones is 1. The largest absolute Gasteiger partial charge is 0.435 e. The summed E-state index contributed by atoms with van der Waals surface area (Å²) in [6.45, 7) is 0.349. The van der Waals surface area contributed by atoms with Gasteiger partial charge in [-0.2, -0.15) is 8.78 Å². The maximum atomic E-state index is 12.6. The Balaban J connectivity index is 1.68. The van der Waals surface area contributed by atoms with Crippen LogP contribution in [0.2, 0.25) is 0 Å². The van der Waals surface area contributed by atoms with E-state index in [0.29, 0.717) is 22.5 Å². The SMILES string of the molecule is Cc1cc(C(=O)CO/N=C/c2cccc([N+](=O)[O-])c2)c(C)n1-c1ccc(OC(F)F)cc1. The van der Waals surface area contributed by atoms with Gasteiger partial charge in [-0.15, -0.1) is 0 Å². The Bertz CT molecular complexity index is 1160. The molecule has 3 rings (SSSR count). The topological polar surface area (TPSA) is 96.0 Å². The van der Waals surface area contributed by atoms with Crippen molar-refractivity contribution in [2.24, 2.45) is 5.16 Å². The lowest BCUT2D eigenvalue weighted by atomic mass is 10.1. The highest BCUT2D eigenvalue weighted by Gasteiger charge is 2.17. The Hall–Kier alpha value is -4.08. The van der Waals surface area contributed by atoms with Crippen LogP contribution in [0.1, 0.15) is 27.3 Å². The summed E-state index contributed by atoms with van der Waals surface area (Å²) in [5.74, 6) is -0.268. The molecule has 0 aliphatic carbocycles. The van der Waals surface area contributed by atoms with Crippen LogP contribution in [-0.4, -0.2) is 34.7 Å². The van der Waals surface area contributed by atoms with Gasteiger partial charge in [-0.05, 0) is 44.2 Å². The summed E-state index contributed by atoms with van der Waals surface area (Å²) >= 11 is 0. The fourth-order valence-electron chi connectivity index (χ4n) is 3.21. The van der Waals surface area contributed by atoms with Crippen molar-refractivity contribution in [2.75, 3.05) is 6.61 Å². The van der Waals surface area contributed by atoms with Gasteiger partial charge in [-0.25, -0.2) is 0 Å². The number of nitrogens with zero attached hydrogens (tertiary/aromatic N) is 3. The summed E-state index contributed by atoms with van der Waals surface area (Å²) in [7, 11) is 0. The molecule has 0 amide bonds. The van der Waals surface area contributed by atoms with Crippen LogP contribution < -0.4 is 4.74 Å². The quantitative estimate of drug-likeness (QED) is 0.204. The number of nitro benzene ring substituents is 1. The number of hydrogen-bond donors (Lipinski definition) is 0. The van der Waals surface area contributed by atoms with E-state index < -0.39 is 11.5 Å². The summed E-state index contributed by atoms with van der Waals surface area (Å²) in [6, 6.07) is 13.6. The van der Waals surface area contributed by atoms with Crippen LogP contribution in [0.15, 0.2) is 59.8 Å². The number of benzene rings is 2. The van der Waals surface area contributed by atoms with Crippen molar-refractivity contribution >= 4 is 17.7 Å². The van der Waals surface area contributed by atoms with Gasteiger partial charge in [0, 0.05) is 40.3 Å². The van der Waals surface area contributed by atoms with Gasteiger partial charge in [0.1, 0.15) is 5.75 Å². The highest BCUT2D eigenvalue weighted by molar-refractivity contribution is 5.98. The van der Waals surface area contributed by atoms with Crippen LogP contribution in [0.3, 0.4) is 0 Å². The van der Waals surface area contributed by atoms with Crippen molar-refractivity contribution in [2.45, 2.75) is 20.5 Å². The summed E-state index contributed by atoms with van der Waals surface area (Å²) in [4.78, 5) is 27.9. The molecule has 0 bridgehead atoms. The molecule has 0 radical (unpaired) electrons. The molecule has 2 aromatic carbocycles. The third-order valence-electron chi connectivity index (χ3n) is 4.60. The Kier molecular flexibility index (Phi) is 6.93. The number of non-ortho nitro benzene ring substituents is 1. The molecule has 0 fully saturated rings. The van der Waals surface area contributed by atoms with E-state index in [2.05, 4.69) is 9.89 Å². The molecule has 0 atom stereocenters. The van der Waals surface area contributed by atoms with E-state index in [1.807, 2.05) is 11.5 Å². The molecule has 0 N–H and O–H groups in total. The Morgan fingerprint density at radius 2 is 1.91 bits per heavy atom. The normalized spacial score (nSPS) is 11.2. The monoisotopic (exact) mass is 443 g/mol. The van der Waals surface area contributed by atoms with E-state index in [1.54, 1.807) is 31.2 Å². The van der Waals surface area contributed by atoms with Crippen LogP contribution in [0.4, 0.5) is 14.5 Å². The van der Waals surface area contributed by atoms with Crippen LogP contribution in [0.25, 0.3) is 5.69 Å². The number of rotatable bonds is 9. The maximum Gasteiger partial charge on any atom is 0.387 e. The van der Waals surface area contributed by atoms with E-state index in [4.69, 9.17) is 4.84 Å². The fourth-order valence-corrected chi connectivity index (χ4v) is 3.21. The molecule has 32 heavy (non-hydrogen) atoms. The third kappa shape index (κ3) is 5.34. The minimum atomic E-state index is -2.90. The molecule has 0 spiro atoms. The number of hydrogen-bond acceptors (Lipinski definition) is 6. The number of oxime groups is 1. The van der Waals surface area contributed by atoms with E-state index >= 15 is 0 Å².